The summed E-state index contributed by atoms with van der Waals surface area (Å²) in [4.78, 5) is 66.9. The quantitative estimate of drug-likeness (QED) is 0.435. The molecule has 11 heteroatoms. The van der Waals surface area contributed by atoms with Crippen LogP contribution in [0.5, 0.6) is 0 Å². The number of piperidine rings is 1. The topological polar surface area (TPSA) is 142 Å². The largest absolute Gasteiger partial charge is 0.356 e. The Balaban J connectivity index is 1.23. The lowest BCUT2D eigenvalue weighted by Gasteiger charge is -2.39. The van der Waals surface area contributed by atoms with Crippen LogP contribution in [0.4, 0.5) is 0 Å². The van der Waals surface area contributed by atoms with E-state index in [1.54, 1.807) is 21.7 Å². The Morgan fingerprint density at radius 3 is 2.63 bits per heavy atom. The van der Waals surface area contributed by atoms with E-state index in [1.807, 2.05) is 18.2 Å². The Labute approximate surface area is 219 Å². The van der Waals surface area contributed by atoms with Crippen LogP contribution >= 0.6 is 0 Å². The molecule has 11 nitrogen and oxygen atoms in total. The van der Waals surface area contributed by atoms with Gasteiger partial charge in [-0.05, 0) is 75.0 Å². The summed E-state index contributed by atoms with van der Waals surface area (Å²) in [5, 5.41) is 12.6. The summed E-state index contributed by atoms with van der Waals surface area (Å²) in [6.07, 6.45) is 7.30. The van der Waals surface area contributed by atoms with Crippen molar-refractivity contribution in [3.63, 3.8) is 0 Å². The van der Waals surface area contributed by atoms with Crippen LogP contribution in [0.2, 0.25) is 0 Å². The van der Waals surface area contributed by atoms with Crippen molar-refractivity contribution in [3.8, 4) is 0 Å². The molecule has 3 atom stereocenters. The minimum absolute atomic E-state index is 0.0100. The summed E-state index contributed by atoms with van der Waals surface area (Å²) in [5.74, 6) is -2.94. The molecule has 1 spiro atoms. The van der Waals surface area contributed by atoms with Gasteiger partial charge in [-0.1, -0.05) is 6.07 Å². The number of amides is 4. The number of fused-ring (bicyclic) bond motifs is 1. The number of rotatable bonds is 8. The standard InChI is InChI=1S/C27H32N6O5/c34-22(25(37)29-17-4-5-17)19(13-16-6-10-28-23(16)35)30-24(36)21-15-27(7-8-27)9-12-32(21)26(38)20-14-18-3-1-2-11-33(18)31-20/h1-3,11,14,16-17,19,21H,4-10,12-13,15H2,(H,28,35)(H,29,37)(H,30,36)/t16-,19-,21-/m0/s1. The van der Waals surface area contributed by atoms with Gasteiger partial charge in [-0.2, -0.15) is 5.10 Å². The van der Waals surface area contributed by atoms with Crippen LogP contribution in [-0.4, -0.2) is 75.1 Å². The summed E-state index contributed by atoms with van der Waals surface area (Å²) in [6, 6.07) is 5.30. The van der Waals surface area contributed by atoms with Crippen molar-refractivity contribution >= 4 is 34.9 Å². The Bertz CT molecular complexity index is 1280. The summed E-state index contributed by atoms with van der Waals surface area (Å²) < 4.78 is 1.62. The number of nitrogens with one attached hydrogen (secondary N) is 3. The van der Waals surface area contributed by atoms with E-state index < -0.39 is 35.6 Å². The third-order valence-electron chi connectivity index (χ3n) is 8.45. The fourth-order valence-corrected chi connectivity index (χ4v) is 5.73. The number of nitrogens with zero attached hydrogens (tertiary/aromatic N) is 3. The predicted molar refractivity (Wildman–Crippen MR) is 135 cm³/mol. The van der Waals surface area contributed by atoms with Gasteiger partial charge in [0, 0.05) is 31.2 Å². The van der Waals surface area contributed by atoms with Gasteiger partial charge >= 0.3 is 0 Å². The van der Waals surface area contributed by atoms with Crippen molar-refractivity contribution in [2.45, 2.75) is 69.5 Å². The molecule has 38 heavy (non-hydrogen) atoms. The third kappa shape index (κ3) is 4.89. The van der Waals surface area contributed by atoms with Gasteiger partial charge in [0.05, 0.1) is 11.6 Å². The highest BCUT2D eigenvalue weighted by Gasteiger charge is 2.51. The SMILES string of the molecule is O=C(NC1CC1)C(=O)[C@H](C[C@@H]1CCNC1=O)NC(=O)[C@@H]1CC2(CCN1C(=O)c1cc3ccccn3n1)CC2. The number of carbonyl (C=O) groups excluding carboxylic acids is 5. The summed E-state index contributed by atoms with van der Waals surface area (Å²) in [5.41, 5.74) is 1.06. The van der Waals surface area contributed by atoms with E-state index >= 15 is 0 Å². The molecule has 2 aromatic rings. The maximum atomic E-state index is 13.7. The van der Waals surface area contributed by atoms with E-state index in [-0.39, 0.29) is 35.4 Å². The molecule has 4 aliphatic rings. The summed E-state index contributed by atoms with van der Waals surface area (Å²) >= 11 is 0. The summed E-state index contributed by atoms with van der Waals surface area (Å²) in [6.45, 7) is 0.912. The first kappa shape index (κ1) is 24.6. The third-order valence-corrected chi connectivity index (χ3v) is 8.45. The molecule has 2 aromatic heterocycles. The average molecular weight is 521 g/mol. The van der Waals surface area contributed by atoms with Gasteiger partial charge in [-0.15, -0.1) is 0 Å². The molecule has 6 rings (SSSR count). The lowest BCUT2D eigenvalue weighted by Crippen LogP contribution is -2.58. The van der Waals surface area contributed by atoms with Crippen molar-refractivity contribution in [2.24, 2.45) is 11.3 Å². The zero-order valence-electron chi connectivity index (χ0n) is 21.2. The number of carbonyl (C=O) groups is 5. The van der Waals surface area contributed by atoms with Crippen LogP contribution in [0.15, 0.2) is 30.5 Å². The number of aromatic nitrogens is 2. The molecule has 0 aromatic carbocycles. The first-order valence-electron chi connectivity index (χ1n) is 13.5. The molecule has 2 saturated carbocycles. The van der Waals surface area contributed by atoms with Crippen LogP contribution in [0.3, 0.4) is 0 Å². The first-order valence-corrected chi connectivity index (χ1v) is 13.5. The Hall–Kier alpha value is -3.76. The number of likely N-dealkylation sites (tertiary alicyclic amines) is 1. The normalized spacial score (nSPS) is 24.6. The maximum absolute atomic E-state index is 13.7. The number of hydrogen-bond acceptors (Lipinski definition) is 6. The average Bonchev–Trinajstić information content (AvgIpc) is 3.80. The highest BCUT2D eigenvalue weighted by molar-refractivity contribution is 6.38. The molecule has 2 aliphatic heterocycles. The molecule has 2 aliphatic carbocycles. The van der Waals surface area contributed by atoms with Gasteiger partial charge in [-0.3, -0.25) is 24.0 Å². The van der Waals surface area contributed by atoms with E-state index in [0.717, 1.165) is 37.6 Å². The molecule has 2 saturated heterocycles. The Morgan fingerprint density at radius 2 is 1.95 bits per heavy atom. The molecule has 3 N–H and O–H groups in total. The molecular formula is C27H32N6O5. The fourth-order valence-electron chi connectivity index (χ4n) is 5.73. The summed E-state index contributed by atoms with van der Waals surface area (Å²) in [7, 11) is 0. The predicted octanol–water partition coefficient (Wildman–Crippen LogP) is 0.578. The molecule has 0 radical (unpaired) electrons. The number of hydrogen-bond donors (Lipinski definition) is 3. The van der Waals surface area contributed by atoms with Crippen molar-refractivity contribution in [3.05, 3.63) is 36.2 Å². The molecule has 4 amide bonds. The van der Waals surface area contributed by atoms with Gasteiger partial charge < -0.3 is 20.9 Å². The van der Waals surface area contributed by atoms with Crippen molar-refractivity contribution in [1.82, 2.24) is 30.5 Å². The minimum atomic E-state index is -1.14. The van der Waals surface area contributed by atoms with E-state index in [0.29, 0.717) is 25.9 Å². The van der Waals surface area contributed by atoms with Gasteiger partial charge in [-0.25, -0.2) is 4.52 Å². The molecular weight excluding hydrogens is 488 g/mol. The molecule has 0 bridgehead atoms. The zero-order chi connectivity index (χ0) is 26.4. The van der Waals surface area contributed by atoms with Crippen LogP contribution in [0.25, 0.3) is 5.52 Å². The lowest BCUT2D eigenvalue weighted by atomic mass is 9.86. The van der Waals surface area contributed by atoms with Gasteiger partial charge in [0.25, 0.3) is 11.8 Å². The van der Waals surface area contributed by atoms with E-state index in [1.165, 1.54) is 0 Å². The fraction of sp³-hybridized carbons (Fsp3) is 0.556. The minimum Gasteiger partial charge on any atom is -0.356 e. The highest BCUT2D eigenvalue weighted by Crippen LogP contribution is 2.55. The molecule has 4 heterocycles. The molecule has 0 unspecified atom stereocenters. The van der Waals surface area contributed by atoms with E-state index in [9.17, 15) is 24.0 Å². The second-order valence-electron chi connectivity index (χ2n) is 11.3. The zero-order valence-corrected chi connectivity index (χ0v) is 21.2. The van der Waals surface area contributed by atoms with Crippen molar-refractivity contribution < 1.29 is 24.0 Å². The maximum Gasteiger partial charge on any atom is 0.289 e. The van der Waals surface area contributed by atoms with Gasteiger partial charge in [0.2, 0.25) is 17.6 Å². The highest BCUT2D eigenvalue weighted by atomic mass is 16.2. The van der Waals surface area contributed by atoms with E-state index in [2.05, 4.69) is 21.0 Å². The van der Waals surface area contributed by atoms with Crippen molar-refractivity contribution in [2.75, 3.05) is 13.1 Å². The molecule has 200 valence electrons. The van der Waals surface area contributed by atoms with Gasteiger partial charge in [0.1, 0.15) is 6.04 Å². The Morgan fingerprint density at radius 1 is 1.13 bits per heavy atom. The van der Waals surface area contributed by atoms with Crippen LogP contribution < -0.4 is 16.0 Å². The Kier molecular flexibility index (Phi) is 6.16. The van der Waals surface area contributed by atoms with Crippen LogP contribution in [0.1, 0.15) is 61.9 Å². The smallest absolute Gasteiger partial charge is 0.289 e. The van der Waals surface area contributed by atoms with Crippen LogP contribution in [0, 0.1) is 11.3 Å². The second-order valence-corrected chi connectivity index (χ2v) is 11.3. The van der Waals surface area contributed by atoms with Gasteiger partial charge in [0.15, 0.2) is 5.69 Å². The molecule has 4 fully saturated rings. The second kappa shape index (κ2) is 9.52. The number of pyridine rings is 1. The van der Waals surface area contributed by atoms with E-state index in [4.69, 9.17) is 0 Å². The van der Waals surface area contributed by atoms with Crippen molar-refractivity contribution in [1.29, 1.82) is 0 Å². The van der Waals surface area contributed by atoms with Crippen LogP contribution in [-0.2, 0) is 19.2 Å². The number of ketones is 1. The number of Topliss-reactive ketones (excluding diaryl/α,β-unsaturated/α-hetero) is 1. The first-order chi connectivity index (χ1) is 18.3. The monoisotopic (exact) mass is 520 g/mol. The lowest BCUT2D eigenvalue weighted by molar-refractivity contribution is -0.141.